The predicted octanol–water partition coefficient (Wildman–Crippen LogP) is -2.26. The average Bonchev–Trinajstić information content (AvgIpc) is 3.27. The summed E-state index contributed by atoms with van der Waals surface area (Å²) in [7, 11) is 2.71. The van der Waals surface area contributed by atoms with Crippen LogP contribution in [-0.4, -0.2) is 138 Å². The molecule has 5 atom stereocenters. The van der Waals surface area contributed by atoms with E-state index in [9.17, 15) is 58.2 Å². The van der Waals surface area contributed by atoms with Crippen molar-refractivity contribution in [3.8, 4) is 0 Å². The van der Waals surface area contributed by atoms with Gasteiger partial charge in [0, 0.05) is 42.1 Å². The molecule has 0 aliphatic carbocycles. The number of carboxylic acids is 2. The third-order valence-corrected chi connectivity index (χ3v) is 11.4. The lowest BCUT2D eigenvalue weighted by molar-refractivity contribution is -0.141. The SMILES string of the molecule is CCSSC[C@@H](C=O)NC(=O)[C@H](CC(=O)O)NC(=O)[C@H](CCCNC(=N)N)NC(=O)[C@H](CC=O)NC(=O)CC[C@H](NC(=O)c1ccc(NCc2cnc3nc(N)[nH]c(=O)c3n2)cc1)C(=O)O. The Morgan fingerprint density at radius 3 is 2.20 bits per heavy atom. The van der Waals surface area contributed by atoms with E-state index in [0.717, 1.165) is 0 Å². The number of carbonyl (C=O) groups is 9. The summed E-state index contributed by atoms with van der Waals surface area (Å²) in [6, 6.07) is -1.52. The van der Waals surface area contributed by atoms with E-state index in [0.29, 0.717) is 29.7 Å². The Balaban J connectivity index is 1.63. The molecule has 0 fully saturated rings. The van der Waals surface area contributed by atoms with Gasteiger partial charge in [-0.1, -0.05) is 28.5 Å². The third kappa shape index (κ3) is 18.0. The highest BCUT2D eigenvalue weighted by Gasteiger charge is 2.32. The predicted molar refractivity (Wildman–Crippen MR) is 241 cm³/mol. The van der Waals surface area contributed by atoms with Gasteiger partial charge in [-0.15, -0.1) is 0 Å². The van der Waals surface area contributed by atoms with Gasteiger partial charge in [-0.25, -0.2) is 14.8 Å². The molecule has 1 aromatic carbocycles. The zero-order valence-corrected chi connectivity index (χ0v) is 36.9. The van der Waals surface area contributed by atoms with Crippen LogP contribution >= 0.6 is 21.6 Å². The highest BCUT2D eigenvalue weighted by Crippen LogP contribution is 2.21. The highest BCUT2D eigenvalue weighted by atomic mass is 33.1. The molecule has 0 unspecified atom stereocenters. The summed E-state index contributed by atoms with van der Waals surface area (Å²) in [6.45, 7) is 2.06. The minimum Gasteiger partial charge on any atom is -0.481 e. The van der Waals surface area contributed by atoms with Crippen LogP contribution in [0, 0.1) is 5.41 Å². The van der Waals surface area contributed by atoms with Crippen LogP contribution in [0.1, 0.15) is 61.5 Å². The summed E-state index contributed by atoms with van der Waals surface area (Å²) in [5.41, 5.74) is 11.3. The molecule has 0 saturated heterocycles. The molecule has 2 heterocycles. The van der Waals surface area contributed by atoms with E-state index in [2.05, 4.69) is 57.2 Å². The van der Waals surface area contributed by atoms with Gasteiger partial charge < -0.3 is 68.5 Å². The number of nitrogen functional groups attached to an aromatic ring is 1. The molecule has 0 saturated carbocycles. The normalized spacial score (nSPS) is 13.0. The number of hydrogen-bond donors (Lipinski definition) is 13. The second-order valence-corrected chi connectivity index (χ2v) is 16.8. The Labute approximate surface area is 383 Å². The number of aromatic nitrogens is 4. The lowest BCUT2D eigenvalue weighted by Gasteiger charge is -2.25. The van der Waals surface area contributed by atoms with E-state index in [-0.39, 0.29) is 54.4 Å². The van der Waals surface area contributed by atoms with Crippen LogP contribution < -0.4 is 54.2 Å². The summed E-state index contributed by atoms with van der Waals surface area (Å²) < 4.78 is 0. The van der Waals surface area contributed by atoms with E-state index < -0.39 is 109 Å². The molecule has 2 aromatic heterocycles. The fourth-order valence-corrected chi connectivity index (χ4v) is 7.49. The molecular formula is C38H50N14O12S2. The molecule has 28 heteroatoms. The Morgan fingerprint density at radius 2 is 1.56 bits per heavy atom. The largest absolute Gasteiger partial charge is 0.481 e. The topological polar surface area (TPSA) is 426 Å². The van der Waals surface area contributed by atoms with E-state index in [1.165, 1.54) is 52.1 Å². The van der Waals surface area contributed by atoms with Gasteiger partial charge in [-0.05, 0) is 43.5 Å². The van der Waals surface area contributed by atoms with Crippen LogP contribution in [0.3, 0.4) is 0 Å². The highest BCUT2D eigenvalue weighted by molar-refractivity contribution is 8.76. The van der Waals surface area contributed by atoms with Gasteiger partial charge in [0.25, 0.3) is 11.5 Å². The average molecular weight is 959 g/mol. The Hall–Kier alpha value is -7.36. The van der Waals surface area contributed by atoms with Crippen LogP contribution in [0.4, 0.5) is 11.6 Å². The number of amides is 5. The van der Waals surface area contributed by atoms with Gasteiger partial charge in [0.2, 0.25) is 29.6 Å². The number of nitrogens with two attached hydrogens (primary N) is 2. The molecule has 0 radical (unpaired) electrons. The fourth-order valence-electron chi connectivity index (χ4n) is 5.69. The van der Waals surface area contributed by atoms with Crippen molar-refractivity contribution in [2.45, 2.75) is 82.2 Å². The van der Waals surface area contributed by atoms with Crippen LogP contribution in [-0.2, 0) is 44.9 Å². The summed E-state index contributed by atoms with van der Waals surface area (Å²) in [4.78, 5) is 140. The number of carbonyl (C=O) groups excluding carboxylic acids is 7. The van der Waals surface area contributed by atoms with Gasteiger partial charge in [0.1, 0.15) is 36.7 Å². The Bertz CT molecular complexity index is 2300. The van der Waals surface area contributed by atoms with Crippen molar-refractivity contribution in [3.63, 3.8) is 0 Å². The van der Waals surface area contributed by atoms with Crippen molar-refractivity contribution in [3.05, 3.63) is 52.1 Å². The number of aliphatic carboxylic acids is 2. The van der Waals surface area contributed by atoms with Crippen molar-refractivity contribution >= 4 is 104 Å². The number of benzene rings is 1. The van der Waals surface area contributed by atoms with Crippen LogP contribution in [0.25, 0.3) is 11.2 Å². The number of anilines is 2. The summed E-state index contributed by atoms with van der Waals surface area (Å²) in [5.74, 6) is -7.36. The smallest absolute Gasteiger partial charge is 0.326 e. The third-order valence-electron chi connectivity index (χ3n) is 8.92. The van der Waals surface area contributed by atoms with E-state index in [1.807, 2.05) is 6.92 Å². The minimum absolute atomic E-state index is 0.0102. The number of aldehydes is 2. The maximum atomic E-state index is 13.5. The lowest BCUT2D eigenvalue weighted by atomic mass is 10.1. The van der Waals surface area contributed by atoms with Crippen molar-refractivity contribution < 1.29 is 53.4 Å². The number of fused-ring (bicyclic) bond motifs is 1. The lowest BCUT2D eigenvalue weighted by Crippen LogP contribution is -2.58. The maximum absolute atomic E-state index is 13.5. The zero-order chi connectivity index (χ0) is 48.8. The quantitative estimate of drug-likeness (QED) is 0.0115. The zero-order valence-electron chi connectivity index (χ0n) is 35.3. The molecule has 0 aliphatic rings. The molecule has 5 amide bonds. The second-order valence-electron chi connectivity index (χ2n) is 14.0. The number of carboxylic acid groups (broad SMARTS) is 2. The Kier molecular flexibility index (Phi) is 21.7. The molecule has 0 bridgehead atoms. The van der Waals surface area contributed by atoms with E-state index in [1.54, 1.807) is 0 Å². The van der Waals surface area contributed by atoms with Crippen LogP contribution in [0.15, 0.2) is 35.3 Å². The van der Waals surface area contributed by atoms with Crippen LogP contribution in [0.5, 0.6) is 0 Å². The van der Waals surface area contributed by atoms with Crippen molar-refractivity contribution in [2.24, 2.45) is 5.73 Å². The number of H-pyrrole nitrogens is 1. The number of nitrogens with zero attached hydrogens (tertiary/aromatic N) is 3. The fraction of sp³-hybridized carbons (Fsp3) is 0.421. The number of guanidine groups is 1. The van der Waals surface area contributed by atoms with Gasteiger partial charge >= 0.3 is 11.9 Å². The minimum atomic E-state index is -1.70. The molecule has 356 valence electrons. The molecule has 0 spiro atoms. The summed E-state index contributed by atoms with van der Waals surface area (Å²) >= 11 is 0. The van der Waals surface area contributed by atoms with Gasteiger partial charge in [0.15, 0.2) is 17.1 Å². The van der Waals surface area contributed by atoms with Crippen molar-refractivity contribution in [1.82, 2.24) is 51.8 Å². The molecule has 3 aromatic rings. The van der Waals surface area contributed by atoms with E-state index >= 15 is 0 Å². The monoisotopic (exact) mass is 958 g/mol. The molecule has 26 nitrogen and oxygen atoms in total. The molecule has 66 heavy (non-hydrogen) atoms. The first-order valence-corrected chi connectivity index (χ1v) is 22.5. The second kappa shape index (κ2) is 27.1. The van der Waals surface area contributed by atoms with Crippen molar-refractivity contribution in [1.29, 1.82) is 5.41 Å². The molecule has 15 N–H and O–H groups in total. The van der Waals surface area contributed by atoms with Crippen LogP contribution in [0.2, 0.25) is 0 Å². The molecular weight excluding hydrogens is 909 g/mol. The maximum Gasteiger partial charge on any atom is 0.326 e. The summed E-state index contributed by atoms with van der Waals surface area (Å²) in [5, 5.41) is 43.9. The molecule has 0 aliphatic heterocycles. The van der Waals surface area contributed by atoms with Gasteiger partial charge in [-0.3, -0.25) is 44.0 Å². The first-order valence-electron chi connectivity index (χ1n) is 20.0. The number of hydrogen-bond acceptors (Lipinski definition) is 18. The summed E-state index contributed by atoms with van der Waals surface area (Å²) in [6.07, 6.45) is -0.443. The number of nitrogens with one attached hydrogen (secondary N) is 9. The first kappa shape index (κ1) is 53.0. The van der Waals surface area contributed by atoms with Gasteiger partial charge in [0.05, 0.1) is 30.9 Å². The van der Waals surface area contributed by atoms with Gasteiger partial charge in [-0.2, -0.15) is 4.98 Å². The Morgan fingerprint density at radius 1 is 0.879 bits per heavy atom. The van der Waals surface area contributed by atoms with E-state index in [4.69, 9.17) is 16.9 Å². The first-order chi connectivity index (χ1) is 31.4. The molecule has 3 rings (SSSR count). The number of aromatic amines is 1. The van der Waals surface area contributed by atoms with Crippen molar-refractivity contribution in [2.75, 3.05) is 29.1 Å². The standard InChI is InChI=1S/C38H50N14O12S2/c1-2-65-66-18-22(17-54)46-34(61)26(14-28(56)57)50-32(59)23(4-3-12-42-37(39)40)48-33(60)24(11-13-53)47-27(55)10-9-25(36(63)64)49-31(58)19-5-7-20(8-6-19)43-15-21-16-44-30-29(45-21)35(62)52-38(41)51-30/h5-8,13,16-17,22-26,43H,2-4,9-12,14-15,18H2,1H3,(H,46,61)(H,47,55)(H,48,60)(H,49,58)(H,50,59)(H,56,57)(H,63,64)(H4,39,40,42)(H3,41,44,51,52,62)/t22-,23+,24+,25+,26+/m1/s1. The number of rotatable bonds is 29.